The summed E-state index contributed by atoms with van der Waals surface area (Å²) in [5, 5.41) is 24.3. The molecule has 2 aromatic carbocycles. The zero-order chi connectivity index (χ0) is 20.7. The van der Waals surface area contributed by atoms with Crippen LogP contribution in [0, 0.1) is 20.2 Å². The van der Waals surface area contributed by atoms with E-state index < -0.39 is 33.1 Å². The van der Waals surface area contributed by atoms with E-state index in [-0.39, 0.29) is 23.4 Å². The maximum atomic E-state index is 12.4. The number of nitrogens with zero attached hydrogens (tertiary/aromatic N) is 2. The maximum absolute atomic E-state index is 12.4. The van der Waals surface area contributed by atoms with Crippen molar-refractivity contribution in [1.29, 1.82) is 0 Å². The Morgan fingerprint density at radius 3 is 2.21 bits per heavy atom. The summed E-state index contributed by atoms with van der Waals surface area (Å²) in [7, 11) is 0. The number of esters is 1. The molecule has 0 aliphatic heterocycles. The highest BCUT2D eigenvalue weighted by Gasteiger charge is 2.20. The number of hydrogen-bond acceptors (Lipinski definition) is 7. The van der Waals surface area contributed by atoms with E-state index in [1.165, 1.54) is 24.3 Å². The van der Waals surface area contributed by atoms with Crippen molar-refractivity contribution in [3.63, 3.8) is 0 Å². The Morgan fingerprint density at radius 2 is 1.64 bits per heavy atom. The maximum Gasteiger partial charge on any atom is 0.338 e. The van der Waals surface area contributed by atoms with Crippen LogP contribution in [0.2, 0.25) is 0 Å². The van der Waals surface area contributed by atoms with Crippen molar-refractivity contribution >= 4 is 28.9 Å². The van der Waals surface area contributed by atoms with E-state index in [1.54, 1.807) is 0 Å². The van der Waals surface area contributed by atoms with Gasteiger partial charge < -0.3 is 10.1 Å². The molecule has 10 heteroatoms. The number of benzene rings is 2. The van der Waals surface area contributed by atoms with E-state index in [2.05, 4.69) is 5.32 Å². The summed E-state index contributed by atoms with van der Waals surface area (Å²) in [5.41, 5.74) is -0.944. The molecule has 0 saturated carbocycles. The third-order valence-corrected chi connectivity index (χ3v) is 3.67. The van der Waals surface area contributed by atoms with Gasteiger partial charge in [0.25, 0.3) is 17.3 Å². The molecule has 0 spiro atoms. The van der Waals surface area contributed by atoms with Gasteiger partial charge in [0.2, 0.25) is 0 Å². The van der Waals surface area contributed by atoms with Crippen molar-refractivity contribution < 1.29 is 24.2 Å². The van der Waals surface area contributed by atoms with Crippen LogP contribution in [0.3, 0.4) is 0 Å². The van der Waals surface area contributed by atoms with Gasteiger partial charge in [-0.3, -0.25) is 25.0 Å². The highest BCUT2D eigenvalue weighted by molar-refractivity contribution is 6.05. The lowest BCUT2D eigenvalue weighted by atomic mass is 10.1. The molecule has 0 heterocycles. The number of ether oxygens (including phenoxy) is 1. The predicted octanol–water partition coefficient (Wildman–Crippen LogP) is 3.71. The first-order valence-electron chi connectivity index (χ1n) is 8.34. The van der Waals surface area contributed by atoms with E-state index in [0.29, 0.717) is 0 Å². The van der Waals surface area contributed by atoms with Gasteiger partial charge in [0.1, 0.15) is 0 Å². The van der Waals surface area contributed by atoms with Crippen LogP contribution in [-0.4, -0.2) is 28.3 Å². The van der Waals surface area contributed by atoms with Gasteiger partial charge in [0, 0.05) is 17.8 Å². The summed E-state index contributed by atoms with van der Waals surface area (Å²) in [4.78, 5) is 44.6. The standard InChI is InChI=1S/C18H17N3O7/c1-2-3-7-28-18(23)12-5-4-6-14(8-12)19-17(22)13-9-15(20(24)25)11-16(10-13)21(26)27/h4-6,8-11H,2-3,7H2,1H3,(H,19,22). The molecule has 28 heavy (non-hydrogen) atoms. The number of carbonyl (C=O) groups is 2. The van der Waals surface area contributed by atoms with Crippen LogP contribution in [0.25, 0.3) is 0 Å². The molecule has 0 atom stereocenters. The van der Waals surface area contributed by atoms with Crippen LogP contribution in [0.5, 0.6) is 0 Å². The van der Waals surface area contributed by atoms with E-state index >= 15 is 0 Å². The minimum absolute atomic E-state index is 0.221. The van der Waals surface area contributed by atoms with E-state index in [0.717, 1.165) is 31.0 Å². The summed E-state index contributed by atoms with van der Waals surface area (Å²) < 4.78 is 5.10. The average molecular weight is 387 g/mol. The highest BCUT2D eigenvalue weighted by Crippen LogP contribution is 2.23. The van der Waals surface area contributed by atoms with Crippen LogP contribution in [0.15, 0.2) is 42.5 Å². The number of anilines is 1. The number of amides is 1. The summed E-state index contributed by atoms with van der Waals surface area (Å²) in [5.74, 6) is -1.33. The Balaban J connectivity index is 2.21. The number of carbonyl (C=O) groups excluding carboxylic acids is 2. The van der Waals surface area contributed by atoms with Crippen molar-refractivity contribution in [2.75, 3.05) is 11.9 Å². The molecule has 0 bridgehead atoms. The molecule has 2 aromatic rings. The molecule has 0 fully saturated rings. The lowest BCUT2D eigenvalue weighted by Crippen LogP contribution is -2.13. The second-order valence-corrected chi connectivity index (χ2v) is 5.78. The summed E-state index contributed by atoms with van der Waals surface area (Å²) in [6.45, 7) is 2.24. The van der Waals surface area contributed by atoms with Crippen molar-refractivity contribution in [1.82, 2.24) is 0 Å². The minimum Gasteiger partial charge on any atom is -0.462 e. The van der Waals surface area contributed by atoms with Crippen LogP contribution in [-0.2, 0) is 4.74 Å². The Kier molecular flexibility index (Phi) is 6.74. The lowest BCUT2D eigenvalue weighted by Gasteiger charge is -2.08. The van der Waals surface area contributed by atoms with Gasteiger partial charge in [0.05, 0.1) is 33.6 Å². The highest BCUT2D eigenvalue weighted by atomic mass is 16.6. The predicted molar refractivity (Wildman–Crippen MR) is 99.3 cm³/mol. The molecule has 2 rings (SSSR count). The number of nitro groups is 2. The first kappa shape index (κ1) is 20.5. The molecule has 0 aliphatic rings. The number of non-ortho nitro benzene ring substituents is 2. The molecule has 10 nitrogen and oxygen atoms in total. The Bertz CT molecular complexity index is 895. The third kappa shape index (κ3) is 5.34. The van der Waals surface area contributed by atoms with Crippen LogP contribution in [0.4, 0.5) is 17.1 Å². The summed E-state index contributed by atoms with van der Waals surface area (Å²) in [6.07, 6.45) is 1.60. The SMILES string of the molecule is CCCCOC(=O)c1cccc(NC(=O)c2cc([N+](=O)[O-])cc([N+](=O)[O-])c2)c1. The van der Waals surface area contributed by atoms with Crippen molar-refractivity contribution in [2.24, 2.45) is 0 Å². The molecule has 0 saturated heterocycles. The minimum atomic E-state index is -0.823. The first-order valence-corrected chi connectivity index (χ1v) is 8.34. The van der Waals surface area contributed by atoms with Gasteiger partial charge in [-0.05, 0) is 24.6 Å². The molecule has 0 radical (unpaired) electrons. The molecule has 0 unspecified atom stereocenters. The quantitative estimate of drug-likeness (QED) is 0.315. The van der Waals surface area contributed by atoms with Gasteiger partial charge in [-0.15, -0.1) is 0 Å². The number of rotatable bonds is 8. The molecule has 1 amide bonds. The average Bonchev–Trinajstić information content (AvgIpc) is 2.67. The largest absolute Gasteiger partial charge is 0.462 e. The molecule has 0 aliphatic carbocycles. The second kappa shape index (κ2) is 9.21. The van der Waals surface area contributed by atoms with Gasteiger partial charge in [-0.25, -0.2) is 4.79 Å². The fourth-order valence-corrected chi connectivity index (χ4v) is 2.26. The van der Waals surface area contributed by atoms with E-state index in [9.17, 15) is 29.8 Å². The summed E-state index contributed by atoms with van der Waals surface area (Å²) in [6, 6.07) is 8.58. The van der Waals surface area contributed by atoms with Gasteiger partial charge in [-0.2, -0.15) is 0 Å². The van der Waals surface area contributed by atoms with Gasteiger partial charge in [-0.1, -0.05) is 19.4 Å². The van der Waals surface area contributed by atoms with Crippen molar-refractivity contribution in [3.05, 3.63) is 73.8 Å². The normalized spacial score (nSPS) is 10.2. The lowest BCUT2D eigenvalue weighted by molar-refractivity contribution is -0.394. The smallest absolute Gasteiger partial charge is 0.338 e. The molecule has 0 aromatic heterocycles. The zero-order valence-corrected chi connectivity index (χ0v) is 14.9. The van der Waals surface area contributed by atoms with Crippen molar-refractivity contribution in [3.8, 4) is 0 Å². The Labute approximate surface area is 159 Å². The molecule has 1 N–H and O–H groups in total. The van der Waals surface area contributed by atoms with Gasteiger partial charge >= 0.3 is 5.97 Å². The fourth-order valence-electron chi connectivity index (χ4n) is 2.26. The number of nitrogens with one attached hydrogen (secondary N) is 1. The number of nitro benzene ring substituents is 2. The van der Waals surface area contributed by atoms with Crippen LogP contribution < -0.4 is 5.32 Å². The zero-order valence-electron chi connectivity index (χ0n) is 14.9. The monoisotopic (exact) mass is 387 g/mol. The fraction of sp³-hybridized carbons (Fsp3) is 0.222. The topological polar surface area (TPSA) is 142 Å². The van der Waals surface area contributed by atoms with Crippen molar-refractivity contribution in [2.45, 2.75) is 19.8 Å². The van der Waals surface area contributed by atoms with E-state index in [1.807, 2.05) is 6.92 Å². The molecular formula is C18H17N3O7. The Hall–Kier alpha value is -3.82. The summed E-state index contributed by atoms with van der Waals surface area (Å²) >= 11 is 0. The van der Waals surface area contributed by atoms with Gasteiger partial charge in [0.15, 0.2) is 0 Å². The Morgan fingerprint density at radius 1 is 1.00 bits per heavy atom. The number of unbranched alkanes of at least 4 members (excludes halogenated alkanes) is 1. The molecular weight excluding hydrogens is 370 g/mol. The second-order valence-electron chi connectivity index (χ2n) is 5.78. The van der Waals surface area contributed by atoms with E-state index in [4.69, 9.17) is 4.74 Å². The van der Waals surface area contributed by atoms with Crippen LogP contribution in [0.1, 0.15) is 40.5 Å². The third-order valence-electron chi connectivity index (χ3n) is 3.67. The first-order chi connectivity index (χ1) is 13.3. The number of hydrogen-bond donors (Lipinski definition) is 1. The molecule has 146 valence electrons. The van der Waals surface area contributed by atoms with Crippen LogP contribution >= 0.6 is 0 Å².